The van der Waals surface area contributed by atoms with E-state index >= 15 is 0 Å². The molecule has 0 aliphatic carbocycles. The van der Waals surface area contributed by atoms with Crippen LogP contribution in [0.25, 0.3) is 93.0 Å². The maximum atomic E-state index is 9.92. The van der Waals surface area contributed by atoms with Gasteiger partial charge in [-0.2, -0.15) is 5.26 Å². The van der Waals surface area contributed by atoms with Crippen LogP contribution >= 0.6 is 11.3 Å². The molecule has 242 valence electrons. The van der Waals surface area contributed by atoms with Crippen LogP contribution in [0, 0.1) is 11.3 Å². The monoisotopic (exact) mass is 681 g/mol. The zero-order valence-corrected chi connectivity index (χ0v) is 28.5. The summed E-state index contributed by atoms with van der Waals surface area (Å²) in [6.07, 6.45) is 0. The van der Waals surface area contributed by atoms with Crippen molar-refractivity contribution in [2.45, 2.75) is 0 Å². The van der Waals surface area contributed by atoms with Gasteiger partial charge >= 0.3 is 0 Å². The zero-order chi connectivity index (χ0) is 34.6. The Kier molecular flexibility index (Phi) is 6.98. The highest BCUT2D eigenvalue weighted by Crippen LogP contribution is 2.41. The number of fused-ring (bicyclic) bond motifs is 6. The van der Waals surface area contributed by atoms with E-state index in [1.807, 2.05) is 78.1 Å². The minimum absolute atomic E-state index is 0.570. The van der Waals surface area contributed by atoms with E-state index in [0.717, 1.165) is 49.7 Å². The molecule has 0 spiro atoms. The van der Waals surface area contributed by atoms with Gasteiger partial charge in [-0.05, 0) is 59.7 Å². The fraction of sp³-hybridized carbons (Fsp3) is 0. The summed E-state index contributed by atoms with van der Waals surface area (Å²) in [6.45, 7) is 0. The molecule has 0 radical (unpaired) electrons. The molecule has 3 heterocycles. The van der Waals surface area contributed by atoms with Crippen molar-refractivity contribution in [2.24, 2.45) is 0 Å². The largest absolute Gasteiger partial charge is 0.309 e. The van der Waals surface area contributed by atoms with Crippen LogP contribution in [-0.2, 0) is 0 Å². The molecular formula is C46H27N5S. The Morgan fingerprint density at radius 1 is 0.481 bits per heavy atom. The summed E-state index contributed by atoms with van der Waals surface area (Å²) in [5.74, 6) is 1.76. The molecule has 6 heteroatoms. The third-order valence-electron chi connectivity index (χ3n) is 9.68. The standard InChI is InChI=1S/C46H27N5S/c47-28-29-24-25-39-38(26-29)42-37(21-11-22-40(42)51(39)33-16-5-2-6-17-33)46-49-44(30-12-3-1-4-13-30)48-45(50-46)32-15-9-14-31(27-32)34-19-10-20-36-35-18-7-8-23-41(35)52-43(34)36/h1-27H. The van der Waals surface area contributed by atoms with Crippen molar-refractivity contribution in [2.75, 3.05) is 0 Å². The molecule has 0 aliphatic rings. The second-order valence-electron chi connectivity index (χ2n) is 12.7. The lowest BCUT2D eigenvalue weighted by atomic mass is 10.0. The number of benzene rings is 7. The van der Waals surface area contributed by atoms with Crippen molar-refractivity contribution < 1.29 is 0 Å². The van der Waals surface area contributed by atoms with Gasteiger partial charge in [0.1, 0.15) is 0 Å². The van der Waals surface area contributed by atoms with Crippen molar-refractivity contribution >= 4 is 53.3 Å². The Bertz CT molecular complexity index is 3030. The summed E-state index contributed by atoms with van der Waals surface area (Å²) in [5.41, 5.74) is 8.63. The zero-order valence-electron chi connectivity index (χ0n) is 27.7. The smallest absolute Gasteiger partial charge is 0.164 e. The SMILES string of the molecule is N#Cc1ccc2c(c1)c1c(-c3nc(-c4ccccc4)nc(-c4cccc(-c5cccc6c5sc5ccccc56)c4)n3)cccc1n2-c1ccccc1. The topological polar surface area (TPSA) is 67.4 Å². The Morgan fingerprint density at radius 2 is 1.13 bits per heavy atom. The molecule has 3 aromatic heterocycles. The molecule has 10 rings (SSSR count). The number of para-hydroxylation sites is 1. The van der Waals surface area contributed by atoms with Crippen molar-refractivity contribution in [3.8, 4) is 57.0 Å². The van der Waals surface area contributed by atoms with Gasteiger partial charge in [0.15, 0.2) is 17.5 Å². The third-order valence-corrected chi connectivity index (χ3v) is 10.9. The maximum absolute atomic E-state index is 9.92. The first-order valence-corrected chi connectivity index (χ1v) is 17.9. The van der Waals surface area contributed by atoms with Gasteiger partial charge in [0.25, 0.3) is 0 Å². The van der Waals surface area contributed by atoms with Gasteiger partial charge in [-0.1, -0.05) is 115 Å². The highest BCUT2D eigenvalue weighted by atomic mass is 32.1. The molecule has 0 amide bonds. The molecule has 7 aromatic carbocycles. The maximum Gasteiger partial charge on any atom is 0.164 e. The quantitative estimate of drug-likeness (QED) is 0.181. The average molecular weight is 682 g/mol. The Labute approximate surface area is 303 Å². The van der Waals surface area contributed by atoms with Crippen LogP contribution in [0.4, 0.5) is 0 Å². The lowest BCUT2D eigenvalue weighted by molar-refractivity contribution is 1.08. The van der Waals surface area contributed by atoms with Crippen molar-refractivity contribution in [1.29, 1.82) is 5.26 Å². The summed E-state index contributed by atoms with van der Waals surface area (Å²) >= 11 is 1.83. The molecule has 10 aromatic rings. The molecule has 0 atom stereocenters. The van der Waals surface area contributed by atoms with E-state index in [0.29, 0.717) is 23.0 Å². The van der Waals surface area contributed by atoms with Crippen LogP contribution in [0.15, 0.2) is 164 Å². The third kappa shape index (κ3) is 4.87. The molecule has 52 heavy (non-hydrogen) atoms. The number of hydrogen-bond acceptors (Lipinski definition) is 5. The number of aromatic nitrogens is 4. The van der Waals surface area contributed by atoms with Crippen molar-refractivity contribution in [1.82, 2.24) is 19.5 Å². The first kappa shape index (κ1) is 29.9. The van der Waals surface area contributed by atoms with Gasteiger partial charge in [0, 0.05) is 53.3 Å². The fourth-order valence-corrected chi connectivity index (χ4v) is 8.56. The van der Waals surface area contributed by atoms with Gasteiger partial charge in [0.2, 0.25) is 0 Å². The number of nitriles is 1. The van der Waals surface area contributed by atoms with Gasteiger partial charge in [-0.15, -0.1) is 11.3 Å². The van der Waals surface area contributed by atoms with Crippen molar-refractivity contribution in [3.05, 3.63) is 169 Å². The second-order valence-corrected chi connectivity index (χ2v) is 13.8. The molecule has 0 N–H and O–H groups in total. The van der Waals surface area contributed by atoms with Gasteiger partial charge in [-0.25, -0.2) is 15.0 Å². The normalized spacial score (nSPS) is 11.4. The van der Waals surface area contributed by atoms with E-state index in [1.54, 1.807) is 0 Å². The molecule has 5 nitrogen and oxygen atoms in total. The Morgan fingerprint density at radius 3 is 1.98 bits per heavy atom. The minimum atomic E-state index is 0.570. The van der Waals surface area contributed by atoms with E-state index in [-0.39, 0.29) is 0 Å². The predicted molar refractivity (Wildman–Crippen MR) is 214 cm³/mol. The van der Waals surface area contributed by atoms with E-state index in [1.165, 1.54) is 25.7 Å². The predicted octanol–water partition coefficient (Wildman–Crippen LogP) is 11.9. The minimum Gasteiger partial charge on any atom is -0.309 e. The number of nitrogens with zero attached hydrogens (tertiary/aromatic N) is 5. The van der Waals surface area contributed by atoms with Gasteiger partial charge in [0.05, 0.1) is 22.7 Å². The molecule has 0 fully saturated rings. The van der Waals surface area contributed by atoms with E-state index < -0.39 is 0 Å². The van der Waals surface area contributed by atoms with Crippen LogP contribution in [0.1, 0.15) is 5.56 Å². The Balaban J connectivity index is 1.21. The first-order valence-electron chi connectivity index (χ1n) is 17.1. The highest BCUT2D eigenvalue weighted by Gasteiger charge is 2.20. The molecule has 0 saturated heterocycles. The van der Waals surface area contributed by atoms with E-state index in [4.69, 9.17) is 15.0 Å². The molecule has 0 unspecified atom stereocenters. The Hall–Kier alpha value is -6.94. The summed E-state index contributed by atoms with van der Waals surface area (Å²) in [7, 11) is 0. The van der Waals surface area contributed by atoms with Crippen LogP contribution in [0.5, 0.6) is 0 Å². The molecule has 0 aliphatic heterocycles. The highest BCUT2D eigenvalue weighted by molar-refractivity contribution is 7.26. The van der Waals surface area contributed by atoms with Gasteiger partial charge < -0.3 is 4.57 Å². The lowest BCUT2D eigenvalue weighted by Gasteiger charge is -2.11. The molecule has 0 bridgehead atoms. The summed E-state index contributed by atoms with van der Waals surface area (Å²) in [4.78, 5) is 15.4. The molecule has 0 saturated carbocycles. The summed E-state index contributed by atoms with van der Waals surface area (Å²) < 4.78 is 4.79. The molecular weight excluding hydrogens is 655 g/mol. The first-order chi connectivity index (χ1) is 25.7. The summed E-state index contributed by atoms with van der Waals surface area (Å²) in [6, 6.07) is 58.5. The summed E-state index contributed by atoms with van der Waals surface area (Å²) in [5, 5.41) is 14.4. The number of thiophene rings is 1. The van der Waals surface area contributed by atoms with Crippen LogP contribution in [-0.4, -0.2) is 19.5 Å². The van der Waals surface area contributed by atoms with E-state index in [9.17, 15) is 5.26 Å². The van der Waals surface area contributed by atoms with Gasteiger partial charge in [-0.3, -0.25) is 0 Å². The average Bonchev–Trinajstić information content (AvgIpc) is 3.77. The fourth-order valence-electron chi connectivity index (χ4n) is 7.32. The number of rotatable bonds is 5. The van der Waals surface area contributed by atoms with Crippen LogP contribution < -0.4 is 0 Å². The van der Waals surface area contributed by atoms with Crippen LogP contribution in [0.2, 0.25) is 0 Å². The van der Waals surface area contributed by atoms with Crippen molar-refractivity contribution in [3.63, 3.8) is 0 Å². The van der Waals surface area contributed by atoms with E-state index in [2.05, 4.69) is 108 Å². The van der Waals surface area contributed by atoms with Crippen LogP contribution in [0.3, 0.4) is 0 Å². The second kappa shape index (κ2) is 12.1. The lowest BCUT2D eigenvalue weighted by Crippen LogP contribution is -2.00. The number of hydrogen-bond donors (Lipinski definition) is 0.